The lowest BCUT2D eigenvalue weighted by Gasteiger charge is -2.35. The Hall–Kier alpha value is -6.39. The molecule has 0 fully saturated rings. The van der Waals surface area contributed by atoms with E-state index in [1.165, 1.54) is 54.8 Å². The number of nitrogens with zero attached hydrogens (tertiary/aromatic N) is 4. The zero-order valence-corrected chi connectivity index (χ0v) is 27.8. The van der Waals surface area contributed by atoms with Crippen molar-refractivity contribution < 1.29 is 0 Å². The maximum absolute atomic E-state index is 5.06. The van der Waals surface area contributed by atoms with Crippen LogP contribution in [0.1, 0.15) is 25.0 Å². The van der Waals surface area contributed by atoms with Crippen LogP contribution in [0.25, 0.3) is 83.6 Å². The summed E-state index contributed by atoms with van der Waals surface area (Å²) in [6, 6.07) is 55.9. The van der Waals surface area contributed by atoms with Gasteiger partial charge < -0.3 is 4.57 Å². The summed E-state index contributed by atoms with van der Waals surface area (Å²) in [6.07, 6.45) is 0. The van der Waals surface area contributed by atoms with Gasteiger partial charge in [-0.25, -0.2) is 15.0 Å². The van der Waals surface area contributed by atoms with E-state index in [4.69, 9.17) is 15.0 Å². The van der Waals surface area contributed by atoms with E-state index in [1.54, 1.807) is 0 Å². The Kier molecular flexibility index (Phi) is 6.19. The highest BCUT2D eigenvalue weighted by atomic mass is 15.0. The van der Waals surface area contributed by atoms with Gasteiger partial charge in [0, 0.05) is 44.1 Å². The maximum atomic E-state index is 5.06. The SMILES string of the molecule is CC1(C)c2ccccc2-c2c3c1cccc3cc1c3ccccc3n(-c3cccc(-c4nc(-c5ccccc5)nc(-c5ccccc5)n4)c3)c21. The van der Waals surface area contributed by atoms with E-state index in [0.717, 1.165) is 22.4 Å². The molecule has 1 aliphatic rings. The highest BCUT2D eigenvalue weighted by Crippen LogP contribution is 2.52. The number of hydrogen-bond acceptors (Lipinski definition) is 3. The van der Waals surface area contributed by atoms with E-state index in [2.05, 4.69) is 115 Å². The quantitative estimate of drug-likeness (QED) is 0.192. The average molecular weight is 641 g/mol. The van der Waals surface area contributed by atoms with Crippen molar-refractivity contribution in [3.05, 3.63) is 169 Å². The first kappa shape index (κ1) is 28.6. The molecule has 7 aromatic carbocycles. The van der Waals surface area contributed by atoms with Gasteiger partial charge in [-0.3, -0.25) is 0 Å². The van der Waals surface area contributed by atoms with E-state index in [-0.39, 0.29) is 5.41 Å². The van der Waals surface area contributed by atoms with Crippen molar-refractivity contribution in [2.24, 2.45) is 0 Å². The van der Waals surface area contributed by atoms with Crippen LogP contribution in [0.15, 0.2) is 158 Å². The molecule has 236 valence electrons. The third kappa shape index (κ3) is 4.21. The summed E-state index contributed by atoms with van der Waals surface area (Å²) in [6.45, 7) is 4.71. The van der Waals surface area contributed by atoms with Crippen LogP contribution in [0.2, 0.25) is 0 Å². The molecule has 0 unspecified atom stereocenters. The molecule has 1 aliphatic carbocycles. The summed E-state index contributed by atoms with van der Waals surface area (Å²) in [7, 11) is 0. The van der Waals surface area contributed by atoms with Gasteiger partial charge in [0.1, 0.15) is 0 Å². The van der Waals surface area contributed by atoms with Crippen LogP contribution in [-0.4, -0.2) is 19.5 Å². The Labute approximate surface area is 290 Å². The molecule has 0 saturated carbocycles. The van der Waals surface area contributed by atoms with E-state index >= 15 is 0 Å². The van der Waals surface area contributed by atoms with Crippen LogP contribution in [-0.2, 0) is 5.41 Å². The van der Waals surface area contributed by atoms with Crippen LogP contribution in [0.4, 0.5) is 0 Å². The molecule has 0 spiro atoms. The minimum Gasteiger partial charge on any atom is -0.309 e. The lowest BCUT2D eigenvalue weighted by molar-refractivity contribution is 0.645. The molecule has 50 heavy (non-hydrogen) atoms. The Morgan fingerprint density at radius 1 is 0.480 bits per heavy atom. The monoisotopic (exact) mass is 640 g/mol. The second-order valence-electron chi connectivity index (χ2n) is 13.7. The number of aromatic nitrogens is 4. The summed E-state index contributed by atoms with van der Waals surface area (Å²) >= 11 is 0. The number of rotatable bonds is 4. The van der Waals surface area contributed by atoms with Gasteiger partial charge in [0.2, 0.25) is 0 Å². The largest absolute Gasteiger partial charge is 0.309 e. The molecule has 9 aromatic rings. The minimum absolute atomic E-state index is 0.126. The van der Waals surface area contributed by atoms with Crippen molar-refractivity contribution in [3.63, 3.8) is 0 Å². The van der Waals surface area contributed by atoms with Crippen molar-refractivity contribution in [1.29, 1.82) is 0 Å². The molecule has 2 aromatic heterocycles. The van der Waals surface area contributed by atoms with Gasteiger partial charge in [-0.15, -0.1) is 0 Å². The standard InChI is InChI=1S/C46H32N4/c1-46(2)37-24-11-9-23-35(37)41-40-31(19-14-25-38(40)46)28-36-34-22-10-12-26-39(34)50(42(36)41)33-21-13-20-32(27-33)45-48-43(29-15-5-3-6-16-29)47-44(49-45)30-17-7-4-8-18-30/h3-28H,1-2H3. The van der Waals surface area contributed by atoms with Crippen LogP contribution >= 0.6 is 0 Å². The van der Waals surface area contributed by atoms with Crippen molar-refractivity contribution in [3.8, 4) is 51.0 Å². The minimum atomic E-state index is -0.126. The van der Waals surface area contributed by atoms with Crippen LogP contribution in [0.5, 0.6) is 0 Å². The summed E-state index contributed by atoms with van der Waals surface area (Å²) < 4.78 is 2.45. The van der Waals surface area contributed by atoms with E-state index in [1.807, 2.05) is 60.7 Å². The number of hydrogen-bond donors (Lipinski definition) is 0. The normalized spacial score (nSPS) is 13.2. The molecule has 0 amide bonds. The van der Waals surface area contributed by atoms with Crippen molar-refractivity contribution in [2.45, 2.75) is 19.3 Å². The van der Waals surface area contributed by atoms with Gasteiger partial charge in [0.25, 0.3) is 0 Å². The highest BCUT2D eigenvalue weighted by molar-refractivity contribution is 6.23. The fraction of sp³-hybridized carbons (Fsp3) is 0.0652. The predicted octanol–water partition coefficient (Wildman–Crippen LogP) is 11.4. The number of para-hydroxylation sites is 1. The third-order valence-electron chi connectivity index (χ3n) is 10.4. The summed E-state index contributed by atoms with van der Waals surface area (Å²) in [5, 5.41) is 5.09. The first-order valence-corrected chi connectivity index (χ1v) is 17.1. The molecule has 0 saturated heterocycles. The lowest BCUT2D eigenvalue weighted by atomic mass is 9.68. The third-order valence-corrected chi connectivity index (χ3v) is 10.4. The van der Waals surface area contributed by atoms with E-state index in [0.29, 0.717) is 17.5 Å². The van der Waals surface area contributed by atoms with E-state index < -0.39 is 0 Å². The van der Waals surface area contributed by atoms with Crippen molar-refractivity contribution in [2.75, 3.05) is 0 Å². The first-order valence-electron chi connectivity index (χ1n) is 17.1. The average Bonchev–Trinajstić information content (AvgIpc) is 3.51. The second-order valence-corrected chi connectivity index (χ2v) is 13.7. The van der Waals surface area contributed by atoms with Gasteiger partial charge in [-0.1, -0.05) is 147 Å². The molecule has 4 nitrogen and oxygen atoms in total. The molecule has 0 radical (unpaired) electrons. The molecule has 0 atom stereocenters. The van der Waals surface area contributed by atoms with Gasteiger partial charge in [0.05, 0.1) is 11.0 Å². The Balaban J connectivity index is 1.27. The molecule has 10 rings (SSSR count). The van der Waals surface area contributed by atoms with Crippen LogP contribution in [0, 0.1) is 0 Å². The van der Waals surface area contributed by atoms with Gasteiger partial charge in [-0.05, 0) is 51.7 Å². The topological polar surface area (TPSA) is 43.6 Å². The molecule has 4 heteroatoms. The summed E-state index contributed by atoms with van der Waals surface area (Å²) in [5.41, 5.74) is 11.5. The van der Waals surface area contributed by atoms with Crippen molar-refractivity contribution >= 4 is 32.6 Å². The fourth-order valence-electron chi connectivity index (χ4n) is 8.07. The highest BCUT2D eigenvalue weighted by Gasteiger charge is 2.35. The molecule has 0 bridgehead atoms. The molecule has 0 aliphatic heterocycles. The van der Waals surface area contributed by atoms with Crippen molar-refractivity contribution in [1.82, 2.24) is 19.5 Å². The van der Waals surface area contributed by atoms with Gasteiger partial charge in [-0.2, -0.15) is 0 Å². The van der Waals surface area contributed by atoms with Crippen LogP contribution < -0.4 is 0 Å². The Bertz CT molecular complexity index is 2720. The zero-order chi connectivity index (χ0) is 33.4. The number of benzene rings is 7. The second kappa shape index (κ2) is 10.8. The summed E-state index contributed by atoms with van der Waals surface area (Å²) in [4.78, 5) is 15.0. The zero-order valence-electron chi connectivity index (χ0n) is 27.8. The molecule has 2 heterocycles. The molecule has 0 N–H and O–H groups in total. The van der Waals surface area contributed by atoms with Gasteiger partial charge >= 0.3 is 0 Å². The Morgan fingerprint density at radius 3 is 1.80 bits per heavy atom. The fourth-order valence-corrected chi connectivity index (χ4v) is 8.07. The molecular formula is C46H32N4. The smallest absolute Gasteiger partial charge is 0.164 e. The number of fused-ring (bicyclic) bond motifs is 6. The van der Waals surface area contributed by atoms with E-state index in [9.17, 15) is 0 Å². The van der Waals surface area contributed by atoms with Crippen LogP contribution in [0.3, 0.4) is 0 Å². The Morgan fingerprint density at radius 2 is 1.06 bits per heavy atom. The van der Waals surface area contributed by atoms with Gasteiger partial charge in [0.15, 0.2) is 17.5 Å². The maximum Gasteiger partial charge on any atom is 0.164 e. The summed E-state index contributed by atoms with van der Waals surface area (Å²) in [5.74, 6) is 1.94. The predicted molar refractivity (Wildman–Crippen MR) is 206 cm³/mol. The molecular weight excluding hydrogens is 609 g/mol. The first-order chi connectivity index (χ1) is 24.6. The lowest BCUT2D eigenvalue weighted by Crippen LogP contribution is -2.23.